The van der Waals surface area contributed by atoms with Crippen LogP contribution in [0.4, 0.5) is 5.69 Å². The van der Waals surface area contributed by atoms with Crippen molar-refractivity contribution < 1.29 is 28.2 Å². The molecule has 1 amide bonds. The van der Waals surface area contributed by atoms with E-state index < -0.39 is 18.0 Å². The number of ether oxygens (including phenoxy) is 3. The quantitative estimate of drug-likeness (QED) is 0.572. The number of esters is 1. The fraction of sp³-hybridized carbons (Fsp3) is 0.238. The van der Waals surface area contributed by atoms with Crippen molar-refractivity contribution in [1.82, 2.24) is 0 Å². The second kappa shape index (κ2) is 8.98. The van der Waals surface area contributed by atoms with Gasteiger partial charge in [0.15, 0.2) is 6.10 Å². The number of hydrogen-bond acceptors (Lipinski definition) is 6. The Bertz CT molecular complexity index is 1040. The Hall–Kier alpha value is -3.03. The van der Waals surface area contributed by atoms with Gasteiger partial charge in [-0.3, -0.25) is 4.79 Å². The van der Waals surface area contributed by atoms with Crippen LogP contribution in [-0.2, 0) is 20.9 Å². The van der Waals surface area contributed by atoms with Crippen LogP contribution in [0.1, 0.15) is 23.0 Å². The van der Waals surface area contributed by atoms with Crippen molar-refractivity contribution in [3.8, 4) is 5.75 Å². The number of fused-ring (bicyclic) bond motifs is 1. The van der Waals surface area contributed by atoms with Gasteiger partial charge in [-0.05, 0) is 31.2 Å². The first-order valence-electron chi connectivity index (χ1n) is 8.79. The number of halogens is 1. The molecule has 29 heavy (non-hydrogen) atoms. The zero-order chi connectivity index (χ0) is 21.0. The number of furan rings is 1. The summed E-state index contributed by atoms with van der Waals surface area (Å²) in [6, 6.07) is 12.0. The number of rotatable bonds is 7. The van der Waals surface area contributed by atoms with Crippen LogP contribution in [0.25, 0.3) is 11.0 Å². The van der Waals surface area contributed by atoms with Crippen LogP contribution in [0.15, 0.2) is 46.9 Å². The van der Waals surface area contributed by atoms with Gasteiger partial charge in [0, 0.05) is 23.7 Å². The number of amides is 1. The van der Waals surface area contributed by atoms with Crippen LogP contribution in [0, 0.1) is 0 Å². The van der Waals surface area contributed by atoms with Gasteiger partial charge < -0.3 is 23.9 Å². The molecule has 3 rings (SSSR count). The predicted molar refractivity (Wildman–Crippen MR) is 108 cm³/mol. The molecule has 152 valence electrons. The molecule has 0 radical (unpaired) electrons. The SMILES string of the molecule is COCc1c(C(=O)O[C@@H](C)C(=O)Nc2ccc(OC)c(Cl)c2)oc2ccccc12. The van der Waals surface area contributed by atoms with Gasteiger partial charge in [0.05, 0.1) is 18.7 Å². The van der Waals surface area contributed by atoms with Crippen molar-refractivity contribution in [3.05, 3.63) is 58.8 Å². The number of carbonyl (C=O) groups is 2. The van der Waals surface area contributed by atoms with Gasteiger partial charge >= 0.3 is 5.97 Å². The Morgan fingerprint density at radius 2 is 1.93 bits per heavy atom. The van der Waals surface area contributed by atoms with Gasteiger partial charge in [-0.15, -0.1) is 0 Å². The van der Waals surface area contributed by atoms with Crippen LogP contribution < -0.4 is 10.1 Å². The largest absolute Gasteiger partial charge is 0.495 e. The van der Waals surface area contributed by atoms with Gasteiger partial charge in [0.2, 0.25) is 5.76 Å². The molecule has 0 spiro atoms. The minimum Gasteiger partial charge on any atom is -0.495 e. The van der Waals surface area contributed by atoms with Crippen molar-refractivity contribution in [2.24, 2.45) is 0 Å². The number of methoxy groups -OCH3 is 2. The summed E-state index contributed by atoms with van der Waals surface area (Å²) >= 11 is 6.06. The van der Waals surface area contributed by atoms with E-state index in [2.05, 4.69) is 5.32 Å². The van der Waals surface area contributed by atoms with Gasteiger partial charge in [-0.1, -0.05) is 29.8 Å². The Labute approximate surface area is 172 Å². The normalized spacial score (nSPS) is 11.9. The van der Waals surface area contributed by atoms with E-state index in [1.54, 1.807) is 30.3 Å². The molecule has 0 fully saturated rings. The number of para-hydroxylation sites is 1. The monoisotopic (exact) mass is 417 g/mol. The van der Waals surface area contributed by atoms with Crippen molar-refractivity contribution in [3.63, 3.8) is 0 Å². The molecule has 3 aromatic rings. The van der Waals surface area contributed by atoms with E-state index in [0.29, 0.717) is 27.6 Å². The fourth-order valence-electron chi connectivity index (χ4n) is 2.81. The first-order chi connectivity index (χ1) is 13.9. The first kappa shape index (κ1) is 20.7. The highest BCUT2D eigenvalue weighted by atomic mass is 35.5. The minimum absolute atomic E-state index is 0.0141. The maximum absolute atomic E-state index is 12.6. The number of benzene rings is 2. The van der Waals surface area contributed by atoms with Crippen molar-refractivity contribution in [2.75, 3.05) is 19.5 Å². The lowest BCUT2D eigenvalue weighted by molar-refractivity contribution is -0.123. The zero-order valence-corrected chi connectivity index (χ0v) is 16.9. The van der Waals surface area contributed by atoms with Crippen LogP contribution in [-0.4, -0.2) is 32.2 Å². The van der Waals surface area contributed by atoms with E-state index in [9.17, 15) is 9.59 Å². The Kier molecular flexibility index (Phi) is 6.41. The van der Waals surface area contributed by atoms with Crippen molar-refractivity contribution >= 4 is 40.1 Å². The van der Waals surface area contributed by atoms with Crippen LogP contribution in [0.5, 0.6) is 5.75 Å². The Morgan fingerprint density at radius 1 is 1.17 bits per heavy atom. The molecule has 1 N–H and O–H groups in total. The van der Waals surface area contributed by atoms with Gasteiger partial charge in [-0.2, -0.15) is 0 Å². The average Bonchev–Trinajstić information content (AvgIpc) is 3.07. The number of nitrogens with one attached hydrogen (secondary N) is 1. The Morgan fingerprint density at radius 3 is 2.62 bits per heavy atom. The summed E-state index contributed by atoms with van der Waals surface area (Å²) in [5.74, 6) is -0.757. The molecule has 7 nitrogen and oxygen atoms in total. The summed E-state index contributed by atoms with van der Waals surface area (Å²) in [7, 11) is 3.02. The van der Waals surface area contributed by atoms with E-state index >= 15 is 0 Å². The highest BCUT2D eigenvalue weighted by molar-refractivity contribution is 6.32. The van der Waals surface area contributed by atoms with E-state index in [4.69, 9.17) is 30.2 Å². The molecule has 2 aromatic carbocycles. The fourth-order valence-corrected chi connectivity index (χ4v) is 3.06. The third-order valence-electron chi connectivity index (χ3n) is 4.24. The molecule has 0 unspecified atom stereocenters. The van der Waals surface area contributed by atoms with Gasteiger partial charge in [0.1, 0.15) is 11.3 Å². The molecule has 1 heterocycles. The summed E-state index contributed by atoms with van der Waals surface area (Å²) in [6.45, 7) is 1.64. The van der Waals surface area contributed by atoms with Crippen LogP contribution in [0.3, 0.4) is 0 Å². The maximum atomic E-state index is 12.6. The first-order valence-corrected chi connectivity index (χ1v) is 9.17. The van der Waals surface area contributed by atoms with E-state index in [-0.39, 0.29) is 12.4 Å². The van der Waals surface area contributed by atoms with E-state index in [1.165, 1.54) is 21.1 Å². The molecule has 0 bridgehead atoms. The second-order valence-electron chi connectivity index (χ2n) is 6.23. The van der Waals surface area contributed by atoms with Crippen LogP contribution in [0.2, 0.25) is 5.02 Å². The van der Waals surface area contributed by atoms with Crippen molar-refractivity contribution in [1.29, 1.82) is 0 Å². The standard InChI is InChI=1S/C21H20ClNO6/c1-12(20(24)23-13-8-9-18(27-3)16(22)10-13)28-21(25)19-15(11-26-2)14-6-4-5-7-17(14)29-19/h4-10,12H,11H2,1-3H3,(H,23,24)/t12-/m0/s1. The summed E-state index contributed by atoms with van der Waals surface area (Å²) in [5, 5.41) is 3.75. The van der Waals surface area contributed by atoms with Gasteiger partial charge in [-0.25, -0.2) is 4.79 Å². The lowest BCUT2D eigenvalue weighted by Crippen LogP contribution is -2.30. The van der Waals surface area contributed by atoms with E-state index in [0.717, 1.165) is 5.39 Å². The third kappa shape index (κ3) is 4.52. The predicted octanol–water partition coefficient (Wildman–Crippen LogP) is 4.43. The molecule has 0 saturated heterocycles. The molecule has 0 aliphatic heterocycles. The number of hydrogen-bond donors (Lipinski definition) is 1. The summed E-state index contributed by atoms with van der Waals surface area (Å²) < 4.78 is 21.2. The smallest absolute Gasteiger partial charge is 0.375 e. The number of carbonyl (C=O) groups excluding carboxylic acids is 2. The molecular formula is C21H20ClNO6. The van der Waals surface area contributed by atoms with Crippen LogP contribution >= 0.6 is 11.6 Å². The molecular weight excluding hydrogens is 398 g/mol. The molecule has 0 aliphatic rings. The lowest BCUT2D eigenvalue weighted by atomic mass is 10.1. The highest BCUT2D eigenvalue weighted by Gasteiger charge is 2.26. The second-order valence-corrected chi connectivity index (χ2v) is 6.63. The molecule has 1 aromatic heterocycles. The highest BCUT2D eigenvalue weighted by Crippen LogP contribution is 2.28. The third-order valence-corrected chi connectivity index (χ3v) is 4.54. The Balaban J connectivity index is 1.73. The molecule has 0 saturated carbocycles. The van der Waals surface area contributed by atoms with E-state index in [1.807, 2.05) is 12.1 Å². The molecule has 8 heteroatoms. The minimum atomic E-state index is -1.06. The molecule has 1 atom stereocenters. The summed E-state index contributed by atoms with van der Waals surface area (Å²) in [6.07, 6.45) is -1.06. The van der Waals surface area contributed by atoms with Crippen molar-refractivity contribution in [2.45, 2.75) is 19.6 Å². The zero-order valence-electron chi connectivity index (χ0n) is 16.2. The van der Waals surface area contributed by atoms with Gasteiger partial charge in [0.25, 0.3) is 5.91 Å². The topological polar surface area (TPSA) is 87.0 Å². The number of anilines is 1. The maximum Gasteiger partial charge on any atom is 0.375 e. The average molecular weight is 418 g/mol. The summed E-state index contributed by atoms with van der Waals surface area (Å²) in [4.78, 5) is 25.0. The summed E-state index contributed by atoms with van der Waals surface area (Å²) in [5.41, 5.74) is 1.56. The lowest BCUT2D eigenvalue weighted by Gasteiger charge is -2.14. The molecule has 0 aliphatic carbocycles.